The average Bonchev–Trinajstić information content (AvgIpc) is 1.91. The second kappa shape index (κ2) is 1.23. The highest BCUT2D eigenvalue weighted by Gasteiger charge is 2.66. The van der Waals surface area contributed by atoms with Crippen LogP contribution in [0.1, 0.15) is 0 Å². The van der Waals surface area contributed by atoms with Crippen molar-refractivity contribution in [3.05, 3.63) is 0 Å². The minimum absolute atomic E-state index is 1.67. The molecule has 0 saturated heterocycles. The zero-order valence-corrected chi connectivity index (χ0v) is 4.68. The molecule has 7 heavy (non-hydrogen) atoms. The maximum Gasteiger partial charge on any atom is 0.186 e. The molecule has 0 amide bonds. The van der Waals surface area contributed by atoms with E-state index >= 15 is 0 Å². The van der Waals surface area contributed by atoms with Crippen molar-refractivity contribution in [2.45, 2.75) is 16.7 Å². The molecule has 0 aliphatic heterocycles. The summed E-state index contributed by atoms with van der Waals surface area (Å²) in [5.74, 6) is 0. The third kappa shape index (κ3) is 0.609. The first-order valence-corrected chi connectivity index (χ1v) is 2.48. The van der Waals surface area contributed by atoms with Crippen LogP contribution in [0.25, 0.3) is 0 Å². The molecule has 0 aromatic rings. The lowest BCUT2D eigenvalue weighted by Gasteiger charge is -1.82. The molecule has 0 heterocycles. The predicted molar refractivity (Wildman–Crippen MR) is 24.2 cm³/mol. The molecular formula is C3H2Cl2F2. The van der Waals surface area contributed by atoms with E-state index in [-0.39, 0.29) is 0 Å². The molecule has 4 heteroatoms. The van der Waals surface area contributed by atoms with E-state index in [2.05, 4.69) is 0 Å². The maximum absolute atomic E-state index is 11.6. The summed E-state index contributed by atoms with van der Waals surface area (Å²) in [6, 6.07) is 0. The fourth-order valence-corrected chi connectivity index (χ4v) is 0.571. The van der Waals surface area contributed by atoms with Crippen molar-refractivity contribution in [1.29, 1.82) is 0 Å². The number of hydrogen-bond donors (Lipinski definition) is 0. The fraction of sp³-hybridized carbons (Fsp3) is 1.00. The Labute approximate surface area is 49.4 Å². The summed E-state index contributed by atoms with van der Waals surface area (Å²) in [6.07, 6.45) is -3.34. The third-order valence-corrected chi connectivity index (χ3v) is 1.72. The summed E-state index contributed by atoms with van der Waals surface area (Å²) in [7, 11) is 0. The van der Waals surface area contributed by atoms with Crippen LogP contribution in [0, 0.1) is 0 Å². The zero-order valence-electron chi connectivity index (χ0n) is 3.17. The Balaban J connectivity index is 2.52. The Morgan fingerprint density at radius 2 is 1.29 bits per heavy atom. The number of hydrogen-bond acceptors (Lipinski definition) is 0. The van der Waals surface area contributed by atoms with Gasteiger partial charge in [-0.25, -0.2) is 8.78 Å². The van der Waals surface area contributed by atoms with Crippen molar-refractivity contribution in [3.8, 4) is 0 Å². The highest BCUT2D eigenvalue weighted by atomic mass is 35.5. The molecule has 1 aliphatic carbocycles. The summed E-state index contributed by atoms with van der Waals surface area (Å²) in [4.78, 5) is 0. The molecule has 2 atom stereocenters. The highest BCUT2D eigenvalue weighted by Crippen LogP contribution is 2.51. The smallest absolute Gasteiger partial charge is 0.186 e. The van der Waals surface area contributed by atoms with Gasteiger partial charge in [-0.15, -0.1) is 0 Å². The molecule has 1 fully saturated rings. The first-order chi connectivity index (χ1) is 3.07. The Bertz CT molecular complexity index is 82.9. The summed E-state index contributed by atoms with van der Waals surface area (Å²) in [5, 5.41) is 0. The van der Waals surface area contributed by atoms with E-state index in [0.29, 0.717) is 0 Å². The Morgan fingerprint density at radius 1 is 1.14 bits per heavy atom. The molecule has 42 valence electrons. The van der Waals surface area contributed by atoms with Gasteiger partial charge in [-0.05, 0) is 0 Å². The number of halogens is 4. The normalized spacial score (nSPS) is 46.3. The molecule has 0 unspecified atom stereocenters. The Morgan fingerprint density at radius 3 is 1.29 bits per heavy atom. The van der Waals surface area contributed by atoms with Gasteiger partial charge in [0.25, 0.3) is 0 Å². The van der Waals surface area contributed by atoms with Gasteiger partial charge in [0, 0.05) is 0 Å². The van der Waals surface area contributed by atoms with Crippen LogP contribution in [0.4, 0.5) is 8.78 Å². The monoisotopic (exact) mass is 146 g/mol. The van der Waals surface area contributed by atoms with Crippen molar-refractivity contribution in [3.63, 3.8) is 0 Å². The molecule has 1 rings (SSSR count). The van der Waals surface area contributed by atoms with E-state index in [9.17, 15) is 8.78 Å². The predicted octanol–water partition coefficient (Wildman–Crippen LogP) is 1.85. The van der Waals surface area contributed by atoms with Crippen molar-refractivity contribution < 1.29 is 8.78 Å². The lowest BCUT2D eigenvalue weighted by atomic mass is 10.9. The van der Waals surface area contributed by atoms with Crippen LogP contribution in [-0.4, -0.2) is 16.7 Å². The van der Waals surface area contributed by atoms with Gasteiger partial charge in [0.05, 0.1) is 0 Å². The van der Waals surface area contributed by atoms with Crippen molar-refractivity contribution in [2.24, 2.45) is 0 Å². The van der Waals surface area contributed by atoms with Crippen LogP contribution in [0.2, 0.25) is 0 Å². The Hall–Kier alpha value is 0.440. The van der Waals surface area contributed by atoms with Crippen molar-refractivity contribution in [2.75, 3.05) is 0 Å². The van der Waals surface area contributed by atoms with Gasteiger partial charge >= 0.3 is 0 Å². The van der Waals surface area contributed by atoms with Gasteiger partial charge < -0.3 is 0 Å². The van der Waals surface area contributed by atoms with Crippen LogP contribution < -0.4 is 0 Å². The van der Waals surface area contributed by atoms with Crippen LogP contribution in [0.15, 0.2) is 0 Å². The summed E-state index contributed by atoms with van der Waals surface area (Å²) < 4.78 is 21.6. The van der Waals surface area contributed by atoms with Crippen LogP contribution in [0.5, 0.6) is 0 Å². The third-order valence-electron chi connectivity index (χ3n) is 0.883. The van der Waals surface area contributed by atoms with E-state index in [1.165, 1.54) is 0 Å². The van der Waals surface area contributed by atoms with Crippen LogP contribution in [0.3, 0.4) is 0 Å². The van der Waals surface area contributed by atoms with E-state index in [0.717, 1.165) is 0 Å². The van der Waals surface area contributed by atoms with Crippen LogP contribution in [-0.2, 0) is 0 Å². The van der Waals surface area contributed by atoms with Gasteiger partial charge in [-0.1, -0.05) is 23.2 Å². The standard InChI is InChI=1S/C3H2Cl2F2/c4-3(5)1(6)2(3)7/h1-2H/t1-,2-/m0/s1. The quantitative estimate of drug-likeness (QED) is 0.458. The zero-order chi connectivity index (χ0) is 5.65. The van der Waals surface area contributed by atoms with Crippen molar-refractivity contribution in [1.82, 2.24) is 0 Å². The second-order valence-corrected chi connectivity index (χ2v) is 2.92. The molecule has 0 nitrogen and oxygen atoms in total. The minimum atomic E-state index is -1.72. The fourth-order valence-electron chi connectivity index (χ4n) is 0.255. The van der Waals surface area contributed by atoms with E-state index in [1.807, 2.05) is 0 Å². The maximum atomic E-state index is 11.6. The van der Waals surface area contributed by atoms with Crippen molar-refractivity contribution >= 4 is 23.2 Å². The molecule has 1 aliphatic rings. The molecule has 0 bridgehead atoms. The van der Waals surface area contributed by atoms with E-state index < -0.39 is 16.7 Å². The van der Waals surface area contributed by atoms with Gasteiger partial charge in [-0.3, -0.25) is 0 Å². The lowest BCUT2D eigenvalue weighted by molar-refractivity contribution is 0.372. The molecule has 0 spiro atoms. The summed E-state index contributed by atoms with van der Waals surface area (Å²) in [6.45, 7) is 0. The first-order valence-electron chi connectivity index (χ1n) is 1.73. The van der Waals surface area contributed by atoms with Gasteiger partial charge in [0.15, 0.2) is 16.7 Å². The van der Waals surface area contributed by atoms with Gasteiger partial charge in [-0.2, -0.15) is 0 Å². The summed E-state index contributed by atoms with van der Waals surface area (Å²) >= 11 is 9.92. The number of rotatable bonds is 0. The van der Waals surface area contributed by atoms with Gasteiger partial charge in [0.2, 0.25) is 0 Å². The molecular weight excluding hydrogens is 145 g/mol. The average molecular weight is 147 g/mol. The molecule has 0 radical (unpaired) electrons. The number of alkyl halides is 4. The van der Waals surface area contributed by atoms with E-state index in [4.69, 9.17) is 23.2 Å². The van der Waals surface area contributed by atoms with Crippen LogP contribution >= 0.6 is 23.2 Å². The van der Waals surface area contributed by atoms with E-state index in [1.54, 1.807) is 0 Å². The largest absolute Gasteiger partial charge is 0.241 e. The molecule has 0 N–H and O–H groups in total. The topological polar surface area (TPSA) is 0 Å². The molecule has 1 saturated carbocycles. The Kier molecular flexibility index (Phi) is 0.981. The SMILES string of the molecule is F[C@H]1[C@H](F)C1(Cl)Cl. The lowest BCUT2D eigenvalue weighted by Crippen LogP contribution is -1.88. The molecule has 0 aromatic heterocycles. The second-order valence-electron chi connectivity index (χ2n) is 1.48. The first kappa shape index (κ1) is 5.57. The minimum Gasteiger partial charge on any atom is -0.241 e. The highest BCUT2D eigenvalue weighted by molar-refractivity contribution is 6.52. The van der Waals surface area contributed by atoms with Gasteiger partial charge in [0.1, 0.15) is 0 Å². The summed E-state index contributed by atoms with van der Waals surface area (Å²) in [5.41, 5.74) is 0. The molecule has 0 aromatic carbocycles.